The van der Waals surface area contributed by atoms with E-state index in [4.69, 9.17) is 5.73 Å². The molecule has 0 aliphatic carbocycles. The van der Waals surface area contributed by atoms with Crippen molar-refractivity contribution in [3.63, 3.8) is 0 Å². The molecule has 0 aliphatic heterocycles. The molecule has 0 fully saturated rings. The second-order valence-corrected chi connectivity index (χ2v) is 4.84. The van der Waals surface area contributed by atoms with Crippen molar-refractivity contribution in [2.45, 2.75) is 19.3 Å². The molecule has 0 heterocycles. The summed E-state index contributed by atoms with van der Waals surface area (Å²) in [6.07, 6.45) is -4.36. The maximum absolute atomic E-state index is 13.0. The van der Waals surface area contributed by atoms with E-state index in [1.807, 2.05) is 24.3 Å². The van der Waals surface area contributed by atoms with Gasteiger partial charge >= 0.3 is 6.18 Å². The number of rotatable bonds is 4. The van der Waals surface area contributed by atoms with Gasteiger partial charge < -0.3 is 10.6 Å². The molecule has 0 aliphatic rings. The number of hydrogen-bond acceptors (Lipinski definition) is 2. The van der Waals surface area contributed by atoms with Crippen LogP contribution in [0.4, 0.5) is 18.9 Å². The van der Waals surface area contributed by atoms with Gasteiger partial charge in [0, 0.05) is 25.8 Å². The number of nitrogens with two attached hydrogens (primary N) is 1. The first-order valence-corrected chi connectivity index (χ1v) is 6.57. The fourth-order valence-electron chi connectivity index (χ4n) is 2.30. The van der Waals surface area contributed by atoms with E-state index in [1.165, 1.54) is 12.1 Å². The Labute approximate surface area is 122 Å². The fraction of sp³-hybridized carbons (Fsp3) is 0.250. The van der Waals surface area contributed by atoms with Gasteiger partial charge in [-0.25, -0.2) is 0 Å². The Morgan fingerprint density at radius 1 is 0.952 bits per heavy atom. The molecule has 0 aromatic heterocycles. The number of hydrogen-bond donors (Lipinski definition) is 1. The highest BCUT2D eigenvalue weighted by Crippen LogP contribution is 2.36. The van der Waals surface area contributed by atoms with Crippen molar-refractivity contribution >= 4 is 5.69 Å². The van der Waals surface area contributed by atoms with E-state index in [0.29, 0.717) is 13.1 Å². The molecule has 2 N–H and O–H groups in total. The summed E-state index contributed by atoms with van der Waals surface area (Å²) in [7, 11) is 1.65. The molecular weight excluding hydrogens is 277 g/mol. The van der Waals surface area contributed by atoms with E-state index >= 15 is 0 Å². The van der Waals surface area contributed by atoms with Crippen LogP contribution in [-0.2, 0) is 19.3 Å². The Bertz CT molecular complexity index is 608. The molecule has 2 nitrogen and oxygen atoms in total. The molecule has 0 bridgehead atoms. The minimum absolute atomic E-state index is 0.164. The molecule has 2 rings (SSSR count). The molecule has 0 radical (unpaired) electrons. The molecule has 0 saturated heterocycles. The average molecular weight is 294 g/mol. The molecule has 0 unspecified atom stereocenters. The zero-order chi connectivity index (χ0) is 15.5. The summed E-state index contributed by atoms with van der Waals surface area (Å²) < 4.78 is 39.1. The van der Waals surface area contributed by atoms with Crippen molar-refractivity contribution in [3.8, 4) is 0 Å². The maximum Gasteiger partial charge on any atom is 0.418 e. The standard InChI is InChI=1S/C16H17F3N2/c1-21(11-13-7-3-2-6-12(13)10-20)15-9-5-4-8-14(15)16(17,18)19/h2-9H,10-11,20H2,1H3. The highest BCUT2D eigenvalue weighted by molar-refractivity contribution is 5.55. The van der Waals surface area contributed by atoms with Gasteiger partial charge in [-0.15, -0.1) is 0 Å². The number of anilines is 1. The van der Waals surface area contributed by atoms with Gasteiger partial charge in [0.15, 0.2) is 0 Å². The molecule has 112 valence electrons. The van der Waals surface area contributed by atoms with Crippen LogP contribution in [0.3, 0.4) is 0 Å². The van der Waals surface area contributed by atoms with Crippen LogP contribution in [0.1, 0.15) is 16.7 Å². The minimum Gasteiger partial charge on any atom is -0.370 e. The number of halogens is 3. The van der Waals surface area contributed by atoms with Crippen molar-refractivity contribution in [2.24, 2.45) is 5.73 Å². The zero-order valence-corrected chi connectivity index (χ0v) is 11.7. The normalized spacial score (nSPS) is 11.5. The van der Waals surface area contributed by atoms with Gasteiger partial charge in [0.2, 0.25) is 0 Å². The molecule has 2 aromatic carbocycles. The van der Waals surface area contributed by atoms with Gasteiger partial charge in [0.25, 0.3) is 0 Å². The van der Waals surface area contributed by atoms with Crippen molar-refractivity contribution in [3.05, 3.63) is 65.2 Å². The number of benzene rings is 2. The SMILES string of the molecule is CN(Cc1ccccc1CN)c1ccccc1C(F)(F)F. The fourth-order valence-corrected chi connectivity index (χ4v) is 2.30. The molecular formula is C16H17F3N2. The van der Waals surface area contributed by atoms with Crippen LogP contribution in [0.15, 0.2) is 48.5 Å². The summed E-state index contributed by atoms with van der Waals surface area (Å²) in [5.41, 5.74) is 7.07. The van der Waals surface area contributed by atoms with E-state index in [2.05, 4.69) is 0 Å². The number of nitrogens with zero attached hydrogens (tertiary/aromatic N) is 1. The lowest BCUT2D eigenvalue weighted by Gasteiger charge is -2.24. The molecule has 2 aromatic rings. The minimum atomic E-state index is -4.36. The lowest BCUT2D eigenvalue weighted by atomic mass is 10.1. The first kappa shape index (κ1) is 15.4. The van der Waals surface area contributed by atoms with Gasteiger partial charge in [-0.3, -0.25) is 0 Å². The van der Waals surface area contributed by atoms with Crippen molar-refractivity contribution in [2.75, 3.05) is 11.9 Å². The van der Waals surface area contributed by atoms with E-state index < -0.39 is 11.7 Å². The number of alkyl halides is 3. The van der Waals surface area contributed by atoms with Gasteiger partial charge in [-0.2, -0.15) is 13.2 Å². The Morgan fingerprint density at radius 3 is 2.14 bits per heavy atom. The van der Waals surface area contributed by atoms with Crippen molar-refractivity contribution < 1.29 is 13.2 Å². The van der Waals surface area contributed by atoms with Crippen LogP contribution in [0.25, 0.3) is 0 Å². The Kier molecular flexibility index (Phi) is 4.53. The first-order valence-electron chi connectivity index (χ1n) is 6.57. The largest absolute Gasteiger partial charge is 0.418 e. The topological polar surface area (TPSA) is 29.3 Å². The molecule has 0 amide bonds. The van der Waals surface area contributed by atoms with E-state index in [9.17, 15) is 13.2 Å². The third kappa shape index (κ3) is 3.55. The summed E-state index contributed by atoms with van der Waals surface area (Å²) in [6.45, 7) is 0.741. The Morgan fingerprint density at radius 2 is 1.52 bits per heavy atom. The van der Waals surface area contributed by atoms with Crippen LogP contribution in [0, 0.1) is 0 Å². The molecule has 0 spiro atoms. The zero-order valence-electron chi connectivity index (χ0n) is 11.7. The summed E-state index contributed by atoms with van der Waals surface area (Å²) in [6, 6.07) is 13.1. The highest BCUT2D eigenvalue weighted by atomic mass is 19.4. The van der Waals surface area contributed by atoms with E-state index in [-0.39, 0.29) is 5.69 Å². The molecule has 0 saturated carbocycles. The predicted molar refractivity (Wildman–Crippen MR) is 77.9 cm³/mol. The summed E-state index contributed by atoms with van der Waals surface area (Å²) in [4.78, 5) is 1.59. The van der Waals surface area contributed by atoms with Crippen LogP contribution < -0.4 is 10.6 Å². The quantitative estimate of drug-likeness (QED) is 0.929. The lowest BCUT2D eigenvalue weighted by molar-refractivity contribution is -0.137. The first-order chi connectivity index (χ1) is 9.93. The Hall–Kier alpha value is -2.01. The summed E-state index contributed by atoms with van der Waals surface area (Å²) in [5.74, 6) is 0. The lowest BCUT2D eigenvalue weighted by Crippen LogP contribution is -2.21. The third-order valence-electron chi connectivity index (χ3n) is 3.37. The van der Waals surface area contributed by atoms with Crippen molar-refractivity contribution in [1.29, 1.82) is 0 Å². The van der Waals surface area contributed by atoms with Crippen molar-refractivity contribution in [1.82, 2.24) is 0 Å². The van der Waals surface area contributed by atoms with Gasteiger partial charge in [-0.1, -0.05) is 36.4 Å². The second kappa shape index (κ2) is 6.18. The second-order valence-electron chi connectivity index (χ2n) is 4.84. The molecule has 0 atom stereocenters. The maximum atomic E-state index is 13.0. The predicted octanol–water partition coefficient (Wildman–Crippen LogP) is 3.80. The van der Waals surface area contributed by atoms with Gasteiger partial charge in [-0.05, 0) is 23.3 Å². The Balaban J connectivity index is 2.31. The van der Waals surface area contributed by atoms with Crippen LogP contribution >= 0.6 is 0 Å². The van der Waals surface area contributed by atoms with Gasteiger partial charge in [0.1, 0.15) is 0 Å². The summed E-state index contributed by atoms with van der Waals surface area (Å²) >= 11 is 0. The summed E-state index contributed by atoms with van der Waals surface area (Å²) in [5, 5.41) is 0. The smallest absolute Gasteiger partial charge is 0.370 e. The average Bonchev–Trinajstić information content (AvgIpc) is 2.47. The van der Waals surface area contributed by atoms with E-state index in [0.717, 1.165) is 17.2 Å². The monoisotopic (exact) mass is 294 g/mol. The highest BCUT2D eigenvalue weighted by Gasteiger charge is 2.34. The van der Waals surface area contributed by atoms with E-state index in [1.54, 1.807) is 18.0 Å². The van der Waals surface area contributed by atoms with Crippen LogP contribution in [0.2, 0.25) is 0 Å². The molecule has 5 heteroatoms. The van der Waals surface area contributed by atoms with Crippen LogP contribution in [0.5, 0.6) is 0 Å². The number of para-hydroxylation sites is 1. The van der Waals surface area contributed by atoms with Crippen LogP contribution in [-0.4, -0.2) is 7.05 Å². The third-order valence-corrected chi connectivity index (χ3v) is 3.37. The molecule has 21 heavy (non-hydrogen) atoms. The van der Waals surface area contributed by atoms with Gasteiger partial charge in [0.05, 0.1) is 5.56 Å².